The number of hydrogen-bond donors (Lipinski definition) is 2. The molecule has 0 aliphatic carbocycles. The van der Waals surface area contributed by atoms with Crippen molar-refractivity contribution < 1.29 is 9.90 Å². The first kappa shape index (κ1) is 14.1. The summed E-state index contributed by atoms with van der Waals surface area (Å²) in [6.07, 6.45) is 0. The number of nitrogens with zero attached hydrogens (tertiary/aromatic N) is 1. The van der Waals surface area contributed by atoms with Crippen LogP contribution in [-0.2, 0) is 0 Å². The molecule has 0 unspecified atom stereocenters. The molecule has 0 atom stereocenters. The summed E-state index contributed by atoms with van der Waals surface area (Å²) in [6, 6.07) is 8.59. The third-order valence-electron chi connectivity index (χ3n) is 2.99. The van der Waals surface area contributed by atoms with Crippen LogP contribution in [0.1, 0.15) is 9.67 Å². The highest BCUT2D eigenvalue weighted by Gasteiger charge is 2.17. The fourth-order valence-electron chi connectivity index (χ4n) is 2.00. The zero-order valence-corrected chi connectivity index (χ0v) is 12.8. The van der Waals surface area contributed by atoms with Gasteiger partial charge in [0.25, 0.3) is 0 Å². The predicted octanol–water partition coefficient (Wildman–Crippen LogP) is 4.55. The van der Waals surface area contributed by atoms with Crippen LogP contribution in [0.2, 0.25) is 10.0 Å². The first-order chi connectivity index (χ1) is 9.97. The highest BCUT2D eigenvalue weighted by molar-refractivity contribution is 7.21. The molecule has 0 bridgehead atoms. The van der Waals surface area contributed by atoms with E-state index in [-0.39, 0.29) is 10.6 Å². The number of anilines is 1. The lowest BCUT2D eigenvalue weighted by Crippen LogP contribution is -1.96. The van der Waals surface area contributed by atoms with E-state index in [1.165, 1.54) is 0 Å². The summed E-state index contributed by atoms with van der Waals surface area (Å²) in [7, 11) is 0. The standard InChI is InChI=1S/C14H8Cl2N2O2S/c15-6-1-3-9(16)8(5-6)10-4-2-7-11(17)12(14(19)20)21-13(7)18-10/h1-5H,17H2,(H,19,20). The third kappa shape index (κ3) is 2.44. The van der Waals surface area contributed by atoms with Crippen molar-refractivity contribution in [2.24, 2.45) is 0 Å². The van der Waals surface area contributed by atoms with Gasteiger partial charge in [0.1, 0.15) is 9.71 Å². The summed E-state index contributed by atoms with van der Waals surface area (Å²) in [6.45, 7) is 0. The predicted molar refractivity (Wildman–Crippen MR) is 86.4 cm³/mol. The highest BCUT2D eigenvalue weighted by Crippen LogP contribution is 2.36. The lowest BCUT2D eigenvalue weighted by Gasteiger charge is -2.04. The summed E-state index contributed by atoms with van der Waals surface area (Å²) in [5, 5.41) is 10.8. The molecule has 3 aromatic rings. The number of thiophene rings is 1. The van der Waals surface area contributed by atoms with Gasteiger partial charge in [-0.05, 0) is 30.3 Å². The number of nitrogen functional groups attached to an aromatic ring is 1. The molecule has 0 radical (unpaired) electrons. The Kier molecular flexibility index (Phi) is 3.49. The van der Waals surface area contributed by atoms with Gasteiger partial charge in [0.05, 0.1) is 16.4 Å². The molecule has 106 valence electrons. The topological polar surface area (TPSA) is 76.2 Å². The molecule has 3 rings (SSSR count). The van der Waals surface area contributed by atoms with E-state index >= 15 is 0 Å². The Bertz CT molecular complexity index is 877. The Balaban J connectivity index is 2.22. The largest absolute Gasteiger partial charge is 0.477 e. The summed E-state index contributed by atoms with van der Waals surface area (Å²) in [5.41, 5.74) is 7.37. The van der Waals surface area contributed by atoms with Crippen LogP contribution in [0.15, 0.2) is 30.3 Å². The molecule has 0 amide bonds. The Labute approximate surface area is 133 Å². The number of pyridine rings is 1. The van der Waals surface area contributed by atoms with E-state index in [1.54, 1.807) is 30.3 Å². The first-order valence-electron chi connectivity index (χ1n) is 5.85. The molecule has 0 aliphatic rings. The van der Waals surface area contributed by atoms with Gasteiger partial charge >= 0.3 is 5.97 Å². The van der Waals surface area contributed by atoms with E-state index in [2.05, 4.69) is 4.98 Å². The zero-order valence-electron chi connectivity index (χ0n) is 10.4. The highest BCUT2D eigenvalue weighted by atomic mass is 35.5. The van der Waals surface area contributed by atoms with Crippen molar-refractivity contribution in [2.45, 2.75) is 0 Å². The average molecular weight is 339 g/mol. The van der Waals surface area contributed by atoms with Crippen molar-refractivity contribution in [3.8, 4) is 11.3 Å². The molecule has 2 aromatic heterocycles. The Morgan fingerprint density at radius 2 is 2.00 bits per heavy atom. The Hall–Kier alpha value is -1.82. The molecule has 0 saturated heterocycles. The van der Waals surface area contributed by atoms with Gasteiger partial charge in [-0.3, -0.25) is 0 Å². The van der Waals surface area contributed by atoms with Gasteiger partial charge in [-0.2, -0.15) is 0 Å². The number of aromatic nitrogens is 1. The quantitative estimate of drug-likeness (QED) is 0.718. The number of nitrogens with two attached hydrogens (primary N) is 1. The van der Waals surface area contributed by atoms with Crippen molar-refractivity contribution in [1.82, 2.24) is 4.98 Å². The summed E-state index contributed by atoms with van der Waals surface area (Å²) >= 11 is 13.2. The fourth-order valence-corrected chi connectivity index (χ4v) is 3.32. The lowest BCUT2D eigenvalue weighted by molar-refractivity contribution is 0.0703. The monoisotopic (exact) mass is 338 g/mol. The second-order valence-corrected chi connectivity index (χ2v) is 6.17. The Morgan fingerprint density at radius 3 is 2.71 bits per heavy atom. The van der Waals surface area contributed by atoms with Gasteiger partial charge in [0, 0.05) is 16.0 Å². The van der Waals surface area contributed by atoms with Gasteiger partial charge in [-0.25, -0.2) is 9.78 Å². The van der Waals surface area contributed by atoms with Gasteiger partial charge in [-0.15, -0.1) is 11.3 Å². The number of rotatable bonds is 2. The maximum absolute atomic E-state index is 11.1. The van der Waals surface area contributed by atoms with Crippen LogP contribution in [0.25, 0.3) is 21.5 Å². The maximum Gasteiger partial charge on any atom is 0.348 e. The van der Waals surface area contributed by atoms with E-state index in [9.17, 15) is 4.79 Å². The molecular weight excluding hydrogens is 331 g/mol. The van der Waals surface area contributed by atoms with E-state index in [0.717, 1.165) is 11.3 Å². The molecule has 0 aliphatic heterocycles. The summed E-state index contributed by atoms with van der Waals surface area (Å²) in [4.78, 5) is 16.2. The minimum absolute atomic E-state index is 0.0897. The number of carbonyl (C=O) groups is 1. The normalized spacial score (nSPS) is 11.0. The molecular formula is C14H8Cl2N2O2S. The van der Waals surface area contributed by atoms with Crippen LogP contribution in [0.5, 0.6) is 0 Å². The number of hydrogen-bond acceptors (Lipinski definition) is 4. The van der Waals surface area contributed by atoms with E-state index in [0.29, 0.717) is 31.5 Å². The summed E-state index contributed by atoms with van der Waals surface area (Å²) < 4.78 is 0. The van der Waals surface area contributed by atoms with E-state index in [1.807, 2.05) is 0 Å². The molecule has 21 heavy (non-hydrogen) atoms. The first-order valence-corrected chi connectivity index (χ1v) is 7.42. The van der Waals surface area contributed by atoms with Crippen LogP contribution in [0, 0.1) is 0 Å². The minimum atomic E-state index is -1.06. The smallest absolute Gasteiger partial charge is 0.348 e. The van der Waals surface area contributed by atoms with Gasteiger partial charge in [-0.1, -0.05) is 23.2 Å². The maximum atomic E-state index is 11.1. The van der Waals surface area contributed by atoms with Crippen LogP contribution < -0.4 is 5.73 Å². The van der Waals surface area contributed by atoms with Gasteiger partial charge in [0.15, 0.2) is 0 Å². The molecule has 1 aromatic carbocycles. The molecule has 0 spiro atoms. The molecule has 3 N–H and O–H groups in total. The minimum Gasteiger partial charge on any atom is -0.477 e. The van der Waals surface area contributed by atoms with Crippen molar-refractivity contribution >= 4 is 56.4 Å². The molecule has 0 saturated carbocycles. The van der Waals surface area contributed by atoms with Crippen molar-refractivity contribution in [3.05, 3.63) is 45.3 Å². The number of carboxylic acid groups (broad SMARTS) is 1. The van der Waals surface area contributed by atoms with Gasteiger partial charge < -0.3 is 10.8 Å². The number of fused-ring (bicyclic) bond motifs is 1. The molecule has 2 heterocycles. The molecule has 4 nitrogen and oxygen atoms in total. The van der Waals surface area contributed by atoms with E-state index in [4.69, 9.17) is 34.0 Å². The van der Waals surface area contributed by atoms with Crippen molar-refractivity contribution in [1.29, 1.82) is 0 Å². The molecule has 7 heteroatoms. The van der Waals surface area contributed by atoms with Crippen LogP contribution in [-0.4, -0.2) is 16.1 Å². The van der Waals surface area contributed by atoms with Crippen LogP contribution in [0.3, 0.4) is 0 Å². The average Bonchev–Trinajstić information content (AvgIpc) is 2.78. The number of benzene rings is 1. The zero-order chi connectivity index (χ0) is 15.1. The van der Waals surface area contributed by atoms with Gasteiger partial charge in [0.2, 0.25) is 0 Å². The van der Waals surface area contributed by atoms with Crippen molar-refractivity contribution in [2.75, 3.05) is 5.73 Å². The molecule has 0 fully saturated rings. The second kappa shape index (κ2) is 5.18. The lowest BCUT2D eigenvalue weighted by atomic mass is 10.1. The van der Waals surface area contributed by atoms with E-state index < -0.39 is 5.97 Å². The number of carboxylic acids is 1. The number of halogens is 2. The second-order valence-electron chi connectivity index (χ2n) is 4.32. The van der Waals surface area contributed by atoms with Crippen molar-refractivity contribution in [3.63, 3.8) is 0 Å². The SMILES string of the molecule is Nc1c(C(=O)O)sc2nc(-c3cc(Cl)ccc3Cl)ccc12. The fraction of sp³-hybridized carbons (Fsp3) is 0. The number of aromatic carboxylic acids is 1. The van der Waals surface area contributed by atoms with Crippen LogP contribution >= 0.6 is 34.5 Å². The third-order valence-corrected chi connectivity index (χ3v) is 4.66. The summed E-state index contributed by atoms with van der Waals surface area (Å²) in [5.74, 6) is -1.06. The van der Waals surface area contributed by atoms with Crippen LogP contribution in [0.4, 0.5) is 5.69 Å². The Morgan fingerprint density at radius 1 is 1.24 bits per heavy atom.